The molecular weight excluding hydrogens is 155 g/mol. The van der Waals surface area contributed by atoms with Gasteiger partial charge < -0.3 is 5.11 Å². The third kappa shape index (κ3) is 2.31. The van der Waals surface area contributed by atoms with Gasteiger partial charge in [0.1, 0.15) is 5.83 Å². The van der Waals surface area contributed by atoms with Gasteiger partial charge in [0.05, 0.1) is 6.10 Å². The van der Waals surface area contributed by atoms with Crippen molar-refractivity contribution in [2.45, 2.75) is 25.4 Å². The molecule has 0 bridgehead atoms. The van der Waals surface area contributed by atoms with Crippen LogP contribution in [0.25, 0.3) is 0 Å². The van der Waals surface area contributed by atoms with Gasteiger partial charge in [0.15, 0.2) is 0 Å². The number of rotatable bonds is 2. The first-order chi connectivity index (χ1) is 5.74. The van der Waals surface area contributed by atoms with Crippen molar-refractivity contribution in [2.75, 3.05) is 0 Å². The molecule has 2 heteroatoms. The largest absolute Gasteiger partial charge is 0.389 e. The highest BCUT2D eigenvalue weighted by Gasteiger charge is 2.16. The number of halogens is 1. The number of hydrogen-bond donors (Lipinski definition) is 1. The lowest BCUT2D eigenvalue weighted by Crippen LogP contribution is -2.00. The van der Waals surface area contributed by atoms with E-state index >= 15 is 0 Å². The van der Waals surface area contributed by atoms with Crippen molar-refractivity contribution in [3.63, 3.8) is 0 Å². The average Bonchev–Trinajstić information content (AvgIpc) is 2.47. The second kappa shape index (κ2) is 4.21. The maximum absolute atomic E-state index is 12.5. The first-order valence-electron chi connectivity index (χ1n) is 4.11. The van der Waals surface area contributed by atoms with Gasteiger partial charge in [0.25, 0.3) is 0 Å². The van der Waals surface area contributed by atoms with Crippen LogP contribution in [0.4, 0.5) is 4.39 Å². The summed E-state index contributed by atoms with van der Waals surface area (Å²) in [6.45, 7) is 3.29. The Morgan fingerprint density at radius 3 is 2.92 bits per heavy atom. The molecule has 1 nitrogen and oxygen atoms in total. The van der Waals surface area contributed by atoms with Crippen molar-refractivity contribution in [1.29, 1.82) is 0 Å². The normalized spacial score (nSPS) is 28.0. The van der Waals surface area contributed by atoms with Crippen LogP contribution in [0, 0.1) is 0 Å². The fourth-order valence-corrected chi connectivity index (χ4v) is 1.30. The topological polar surface area (TPSA) is 20.2 Å². The van der Waals surface area contributed by atoms with Crippen molar-refractivity contribution >= 4 is 0 Å². The summed E-state index contributed by atoms with van der Waals surface area (Å²) in [7, 11) is 0. The molecule has 1 aliphatic carbocycles. The van der Waals surface area contributed by atoms with Gasteiger partial charge in [-0.1, -0.05) is 12.7 Å². The molecule has 1 fully saturated rings. The van der Waals surface area contributed by atoms with Crippen molar-refractivity contribution in [3.8, 4) is 0 Å². The molecule has 1 saturated carbocycles. The van der Waals surface area contributed by atoms with E-state index < -0.39 is 0 Å². The summed E-state index contributed by atoms with van der Waals surface area (Å²) < 4.78 is 12.5. The number of aliphatic hydroxyl groups excluding tert-OH is 1. The number of hydrogen-bond acceptors (Lipinski definition) is 1. The Balaban J connectivity index is 2.62. The third-order valence-corrected chi connectivity index (χ3v) is 2.02. The van der Waals surface area contributed by atoms with Gasteiger partial charge in [-0.3, -0.25) is 0 Å². The van der Waals surface area contributed by atoms with Crippen LogP contribution in [0.15, 0.2) is 36.2 Å². The Morgan fingerprint density at radius 2 is 2.42 bits per heavy atom. The molecule has 1 aliphatic rings. The van der Waals surface area contributed by atoms with Gasteiger partial charge in [-0.05, 0) is 37.0 Å². The van der Waals surface area contributed by atoms with Gasteiger partial charge in [0.2, 0.25) is 0 Å². The molecule has 1 atom stereocenters. The van der Waals surface area contributed by atoms with Crippen LogP contribution in [-0.4, -0.2) is 11.2 Å². The molecule has 1 rings (SSSR count). The molecule has 0 saturated heterocycles. The van der Waals surface area contributed by atoms with Gasteiger partial charge in [0, 0.05) is 0 Å². The highest BCUT2D eigenvalue weighted by Crippen LogP contribution is 2.24. The molecule has 0 heterocycles. The summed E-state index contributed by atoms with van der Waals surface area (Å²) in [5.41, 5.74) is 0.923. The zero-order valence-electron chi connectivity index (χ0n) is 6.96. The molecule has 0 amide bonds. The van der Waals surface area contributed by atoms with E-state index in [0.29, 0.717) is 0 Å². The lowest BCUT2D eigenvalue weighted by Gasteiger charge is -2.00. The first-order valence-corrected chi connectivity index (χ1v) is 4.11. The van der Waals surface area contributed by atoms with Crippen LogP contribution in [0.1, 0.15) is 19.3 Å². The average molecular weight is 168 g/mol. The van der Waals surface area contributed by atoms with Crippen LogP contribution in [-0.2, 0) is 0 Å². The summed E-state index contributed by atoms with van der Waals surface area (Å²) >= 11 is 0. The molecule has 0 spiro atoms. The van der Waals surface area contributed by atoms with Crippen LogP contribution in [0.3, 0.4) is 0 Å². The van der Waals surface area contributed by atoms with Crippen molar-refractivity contribution in [2.24, 2.45) is 0 Å². The van der Waals surface area contributed by atoms with E-state index in [1.54, 1.807) is 6.08 Å². The number of aliphatic hydroxyl groups is 1. The van der Waals surface area contributed by atoms with Crippen molar-refractivity contribution in [1.82, 2.24) is 0 Å². The minimum Gasteiger partial charge on any atom is -0.389 e. The molecule has 66 valence electrons. The fourth-order valence-electron chi connectivity index (χ4n) is 1.30. The predicted octanol–water partition coefficient (Wildman–Crippen LogP) is 2.50. The van der Waals surface area contributed by atoms with E-state index in [2.05, 4.69) is 6.58 Å². The van der Waals surface area contributed by atoms with Gasteiger partial charge in [-0.15, -0.1) is 0 Å². The van der Waals surface area contributed by atoms with Gasteiger partial charge >= 0.3 is 0 Å². The lowest BCUT2D eigenvalue weighted by molar-refractivity contribution is 0.218. The second-order valence-corrected chi connectivity index (χ2v) is 2.91. The Bertz CT molecular complexity index is 228. The van der Waals surface area contributed by atoms with Crippen molar-refractivity contribution in [3.05, 3.63) is 36.2 Å². The summed E-state index contributed by atoms with van der Waals surface area (Å²) in [5, 5.41) is 9.33. The third-order valence-electron chi connectivity index (χ3n) is 2.02. The second-order valence-electron chi connectivity index (χ2n) is 2.91. The minimum atomic E-state index is -0.362. The fraction of sp³-hybridized carbons (Fsp3) is 0.400. The SMILES string of the molecule is C=C/C(F)=C\C=C1/CCC[C@H]1O. The number of allylic oxidation sites excluding steroid dienone is 4. The zero-order chi connectivity index (χ0) is 8.97. The van der Waals surface area contributed by atoms with E-state index in [-0.39, 0.29) is 11.9 Å². The monoisotopic (exact) mass is 168 g/mol. The Labute approximate surface area is 71.9 Å². The lowest BCUT2D eigenvalue weighted by atomic mass is 10.2. The highest BCUT2D eigenvalue weighted by atomic mass is 19.1. The molecular formula is C10H13FO. The minimum absolute atomic E-state index is 0.360. The molecule has 1 N–H and O–H groups in total. The van der Waals surface area contributed by atoms with Crippen LogP contribution in [0.2, 0.25) is 0 Å². The first kappa shape index (κ1) is 9.20. The van der Waals surface area contributed by atoms with E-state index in [1.165, 1.54) is 6.08 Å². The van der Waals surface area contributed by atoms with Crippen LogP contribution >= 0.6 is 0 Å². The molecule has 0 aliphatic heterocycles. The summed E-state index contributed by atoms with van der Waals surface area (Å²) in [6.07, 6.45) is 6.46. The standard InChI is InChI=1S/C10H13FO/c1-2-9(11)7-6-8-4-3-5-10(8)12/h2,6-7,10,12H,1,3-5H2/b8-6+,9-7+/t10-/m1/s1. The predicted molar refractivity (Wildman–Crippen MR) is 47.3 cm³/mol. The molecule has 0 aromatic carbocycles. The Hall–Kier alpha value is -0.890. The molecule has 0 aromatic rings. The van der Waals surface area contributed by atoms with E-state index in [9.17, 15) is 9.50 Å². The molecule has 0 aromatic heterocycles. The Morgan fingerprint density at radius 1 is 1.67 bits per heavy atom. The van der Waals surface area contributed by atoms with Crippen LogP contribution in [0.5, 0.6) is 0 Å². The maximum atomic E-state index is 12.5. The quantitative estimate of drug-likeness (QED) is 0.628. The molecule has 0 radical (unpaired) electrons. The summed E-state index contributed by atoms with van der Waals surface area (Å²) in [5.74, 6) is -0.360. The highest BCUT2D eigenvalue weighted by molar-refractivity contribution is 5.23. The molecule has 12 heavy (non-hydrogen) atoms. The van der Waals surface area contributed by atoms with Gasteiger partial charge in [-0.25, -0.2) is 4.39 Å². The Kier molecular flexibility index (Phi) is 3.23. The van der Waals surface area contributed by atoms with E-state index in [0.717, 1.165) is 30.9 Å². The molecule has 0 unspecified atom stereocenters. The summed E-state index contributed by atoms with van der Waals surface area (Å²) in [4.78, 5) is 0. The van der Waals surface area contributed by atoms with Crippen LogP contribution < -0.4 is 0 Å². The van der Waals surface area contributed by atoms with Gasteiger partial charge in [-0.2, -0.15) is 0 Å². The summed E-state index contributed by atoms with van der Waals surface area (Å²) in [6, 6.07) is 0. The maximum Gasteiger partial charge on any atom is 0.122 e. The van der Waals surface area contributed by atoms with E-state index in [4.69, 9.17) is 0 Å². The zero-order valence-corrected chi connectivity index (χ0v) is 6.96. The van der Waals surface area contributed by atoms with Crippen molar-refractivity contribution < 1.29 is 9.50 Å². The van der Waals surface area contributed by atoms with E-state index in [1.807, 2.05) is 0 Å². The smallest absolute Gasteiger partial charge is 0.122 e.